The zero-order chi connectivity index (χ0) is 18.0. The normalized spacial score (nSPS) is 22.7. The van der Waals surface area contributed by atoms with Crippen molar-refractivity contribution in [1.82, 2.24) is 24.3 Å². The number of piperazine rings is 1. The van der Waals surface area contributed by atoms with Crippen molar-refractivity contribution in [2.45, 2.75) is 23.9 Å². The van der Waals surface area contributed by atoms with Crippen LogP contribution in [0.3, 0.4) is 0 Å². The molecule has 26 heavy (non-hydrogen) atoms. The van der Waals surface area contributed by atoms with Crippen LogP contribution in [0.15, 0.2) is 47.6 Å². The molecule has 7 nitrogen and oxygen atoms in total. The molecule has 2 saturated heterocycles. The molecule has 8 heteroatoms. The minimum absolute atomic E-state index is 0.286. The van der Waals surface area contributed by atoms with Gasteiger partial charge >= 0.3 is 0 Å². The van der Waals surface area contributed by atoms with E-state index in [2.05, 4.69) is 15.3 Å². The Balaban J connectivity index is 1.44. The number of aromatic nitrogens is 2. The predicted octanol–water partition coefficient (Wildman–Crippen LogP) is 0.600. The first kappa shape index (κ1) is 17.7. The van der Waals surface area contributed by atoms with Gasteiger partial charge in [-0.25, -0.2) is 8.42 Å². The number of nitrogens with zero attached hydrogens (tertiary/aromatic N) is 4. The molecule has 140 valence electrons. The molecule has 2 aliphatic heterocycles. The van der Waals surface area contributed by atoms with Crippen molar-refractivity contribution >= 4 is 10.0 Å². The van der Waals surface area contributed by atoms with Crippen LogP contribution in [0.5, 0.6) is 0 Å². The van der Waals surface area contributed by atoms with E-state index in [9.17, 15) is 8.42 Å². The number of benzene rings is 1. The van der Waals surface area contributed by atoms with Crippen molar-refractivity contribution in [3.05, 3.63) is 48.3 Å². The van der Waals surface area contributed by atoms with Gasteiger partial charge in [-0.05, 0) is 12.0 Å². The average Bonchev–Trinajstić information content (AvgIpc) is 3.34. The lowest BCUT2D eigenvalue weighted by molar-refractivity contribution is 0.179. The minimum Gasteiger partial charge on any atom is -0.314 e. The third-order valence-electron chi connectivity index (χ3n) is 5.23. The van der Waals surface area contributed by atoms with Crippen LogP contribution in [0, 0.1) is 0 Å². The van der Waals surface area contributed by atoms with Crippen LogP contribution in [0.2, 0.25) is 0 Å². The quantitative estimate of drug-likeness (QED) is 0.829. The highest BCUT2D eigenvalue weighted by molar-refractivity contribution is 7.89. The van der Waals surface area contributed by atoms with Gasteiger partial charge in [0.05, 0.1) is 12.7 Å². The monoisotopic (exact) mass is 375 g/mol. The van der Waals surface area contributed by atoms with Crippen molar-refractivity contribution in [2.24, 2.45) is 0 Å². The van der Waals surface area contributed by atoms with E-state index in [-0.39, 0.29) is 4.90 Å². The Hall–Kier alpha value is -1.74. The zero-order valence-electron chi connectivity index (χ0n) is 14.8. The SMILES string of the molecule is O=S(=O)(c1cnn(Cc2ccccc2)c1)N1CCC(N2CCNCC2)C1. The van der Waals surface area contributed by atoms with Crippen LogP contribution in [-0.4, -0.2) is 72.7 Å². The van der Waals surface area contributed by atoms with E-state index in [4.69, 9.17) is 0 Å². The highest BCUT2D eigenvalue weighted by Gasteiger charge is 2.36. The third kappa shape index (κ3) is 3.68. The van der Waals surface area contributed by atoms with E-state index >= 15 is 0 Å². The molecule has 0 saturated carbocycles. The summed E-state index contributed by atoms with van der Waals surface area (Å²) in [5, 5.41) is 7.59. The van der Waals surface area contributed by atoms with Crippen LogP contribution in [-0.2, 0) is 16.6 Å². The number of sulfonamides is 1. The average molecular weight is 375 g/mol. The highest BCUT2D eigenvalue weighted by atomic mass is 32.2. The van der Waals surface area contributed by atoms with Gasteiger partial charge in [0.15, 0.2) is 0 Å². The van der Waals surface area contributed by atoms with E-state index in [1.54, 1.807) is 15.2 Å². The fourth-order valence-electron chi connectivity index (χ4n) is 3.76. The number of rotatable bonds is 5. The van der Waals surface area contributed by atoms with Gasteiger partial charge in [-0.1, -0.05) is 30.3 Å². The second kappa shape index (κ2) is 7.48. The largest absolute Gasteiger partial charge is 0.314 e. The first-order chi connectivity index (χ1) is 12.6. The summed E-state index contributed by atoms with van der Waals surface area (Å²) in [6.45, 7) is 5.68. The fourth-order valence-corrected chi connectivity index (χ4v) is 5.21. The molecule has 0 spiro atoms. The molecule has 1 unspecified atom stereocenters. The Kier molecular flexibility index (Phi) is 5.08. The molecular weight excluding hydrogens is 350 g/mol. The van der Waals surface area contributed by atoms with Gasteiger partial charge in [-0.3, -0.25) is 9.58 Å². The molecule has 0 aliphatic carbocycles. The maximum absolute atomic E-state index is 13.0. The smallest absolute Gasteiger partial charge is 0.246 e. The van der Waals surface area contributed by atoms with E-state index in [0.717, 1.165) is 38.2 Å². The van der Waals surface area contributed by atoms with E-state index in [1.165, 1.54) is 6.20 Å². The molecule has 1 aromatic heterocycles. The second-order valence-electron chi connectivity index (χ2n) is 6.95. The summed E-state index contributed by atoms with van der Waals surface area (Å²) in [5.41, 5.74) is 1.10. The topological polar surface area (TPSA) is 70.5 Å². The fraction of sp³-hybridized carbons (Fsp3) is 0.500. The summed E-state index contributed by atoms with van der Waals surface area (Å²) < 4.78 is 29.2. The first-order valence-corrected chi connectivity index (χ1v) is 10.6. The predicted molar refractivity (Wildman–Crippen MR) is 99.4 cm³/mol. The molecule has 2 aliphatic rings. The molecule has 1 N–H and O–H groups in total. The number of nitrogens with one attached hydrogen (secondary N) is 1. The molecule has 1 atom stereocenters. The highest BCUT2D eigenvalue weighted by Crippen LogP contribution is 2.23. The lowest BCUT2D eigenvalue weighted by Crippen LogP contribution is -2.49. The summed E-state index contributed by atoms with van der Waals surface area (Å²) in [7, 11) is -3.47. The van der Waals surface area contributed by atoms with Gasteiger partial charge in [0.25, 0.3) is 0 Å². The van der Waals surface area contributed by atoms with Crippen LogP contribution in [0.4, 0.5) is 0 Å². The first-order valence-electron chi connectivity index (χ1n) is 9.14. The summed E-state index contributed by atoms with van der Waals surface area (Å²) >= 11 is 0. The standard InChI is InChI=1S/C18H25N5O2S/c24-26(25,23-9-6-17(14-23)21-10-7-19-8-11-21)18-12-20-22(15-18)13-16-4-2-1-3-5-16/h1-5,12,15,17,19H,6-11,13-14H2. The van der Waals surface area contributed by atoms with Gasteiger partial charge in [-0.2, -0.15) is 9.40 Å². The number of hydrogen-bond donors (Lipinski definition) is 1. The molecule has 1 aromatic carbocycles. The van der Waals surface area contributed by atoms with Gasteiger partial charge < -0.3 is 5.32 Å². The Morgan fingerprint density at radius 3 is 2.65 bits per heavy atom. The van der Waals surface area contributed by atoms with Crippen molar-refractivity contribution in [2.75, 3.05) is 39.3 Å². The lowest BCUT2D eigenvalue weighted by atomic mass is 10.2. The Morgan fingerprint density at radius 1 is 1.12 bits per heavy atom. The zero-order valence-corrected chi connectivity index (χ0v) is 15.6. The molecule has 3 heterocycles. The summed E-state index contributed by atoms with van der Waals surface area (Å²) in [6.07, 6.45) is 4.01. The molecule has 2 fully saturated rings. The van der Waals surface area contributed by atoms with Gasteiger partial charge in [0.2, 0.25) is 10.0 Å². The van der Waals surface area contributed by atoms with Gasteiger partial charge in [0, 0.05) is 51.5 Å². The maximum atomic E-state index is 13.0. The van der Waals surface area contributed by atoms with Crippen LogP contribution in [0.1, 0.15) is 12.0 Å². The minimum atomic E-state index is -3.47. The van der Waals surface area contributed by atoms with Crippen molar-refractivity contribution in [1.29, 1.82) is 0 Å². The molecule has 0 amide bonds. The van der Waals surface area contributed by atoms with E-state index in [0.29, 0.717) is 25.7 Å². The van der Waals surface area contributed by atoms with Crippen LogP contribution >= 0.6 is 0 Å². The summed E-state index contributed by atoms with van der Waals surface area (Å²) in [4.78, 5) is 2.69. The van der Waals surface area contributed by atoms with E-state index in [1.807, 2.05) is 30.3 Å². The van der Waals surface area contributed by atoms with Gasteiger partial charge in [-0.15, -0.1) is 0 Å². The lowest BCUT2D eigenvalue weighted by Gasteiger charge is -2.32. The van der Waals surface area contributed by atoms with Crippen molar-refractivity contribution in [3.8, 4) is 0 Å². The van der Waals surface area contributed by atoms with Crippen molar-refractivity contribution < 1.29 is 8.42 Å². The molecule has 4 rings (SSSR count). The van der Waals surface area contributed by atoms with Crippen LogP contribution < -0.4 is 5.32 Å². The number of hydrogen-bond acceptors (Lipinski definition) is 5. The molecular formula is C18H25N5O2S. The maximum Gasteiger partial charge on any atom is 0.246 e. The third-order valence-corrected chi connectivity index (χ3v) is 7.05. The van der Waals surface area contributed by atoms with Crippen molar-refractivity contribution in [3.63, 3.8) is 0 Å². The Morgan fingerprint density at radius 2 is 1.88 bits per heavy atom. The Labute approximate surface area is 154 Å². The van der Waals surface area contributed by atoms with E-state index < -0.39 is 10.0 Å². The molecule has 2 aromatic rings. The molecule has 0 bridgehead atoms. The second-order valence-corrected chi connectivity index (χ2v) is 8.89. The van der Waals surface area contributed by atoms with Gasteiger partial charge in [0.1, 0.15) is 4.90 Å². The summed E-state index contributed by atoms with van der Waals surface area (Å²) in [5.74, 6) is 0. The summed E-state index contributed by atoms with van der Waals surface area (Å²) in [6, 6.07) is 10.2. The Bertz CT molecular complexity index is 830. The van der Waals surface area contributed by atoms with Crippen LogP contribution in [0.25, 0.3) is 0 Å². The molecule has 0 radical (unpaired) electrons.